The Hall–Kier alpha value is -2.44. The van der Waals surface area contributed by atoms with Crippen molar-refractivity contribution >= 4 is 5.69 Å². The van der Waals surface area contributed by atoms with E-state index in [9.17, 15) is 0 Å². The van der Waals surface area contributed by atoms with E-state index in [0.29, 0.717) is 29.0 Å². The van der Waals surface area contributed by atoms with E-state index in [0.717, 1.165) is 5.69 Å². The van der Waals surface area contributed by atoms with Gasteiger partial charge in [-0.1, -0.05) is 25.9 Å². The van der Waals surface area contributed by atoms with Gasteiger partial charge in [0, 0.05) is 23.2 Å². The molecule has 7 nitrogen and oxygen atoms in total. The van der Waals surface area contributed by atoms with E-state index in [1.54, 1.807) is 21.3 Å². The van der Waals surface area contributed by atoms with Crippen molar-refractivity contribution in [3.05, 3.63) is 23.8 Å². The van der Waals surface area contributed by atoms with Crippen molar-refractivity contribution in [3.8, 4) is 17.2 Å². The molecule has 0 saturated heterocycles. The quantitative estimate of drug-likeness (QED) is 0.864. The van der Waals surface area contributed by atoms with E-state index in [4.69, 9.17) is 18.7 Å². The average molecular weight is 335 g/mol. The fourth-order valence-corrected chi connectivity index (χ4v) is 2.19. The number of nitrogens with zero attached hydrogens (tertiary/aromatic N) is 2. The van der Waals surface area contributed by atoms with Gasteiger partial charge in [0.15, 0.2) is 17.3 Å². The summed E-state index contributed by atoms with van der Waals surface area (Å²) < 4.78 is 21.4. The molecule has 1 aromatic heterocycles. The number of aromatic nitrogens is 2. The minimum absolute atomic E-state index is 0.159. The number of anilines is 1. The Labute approximate surface area is 142 Å². The minimum Gasteiger partial charge on any atom is -0.493 e. The van der Waals surface area contributed by atoms with Gasteiger partial charge in [-0.25, -0.2) is 0 Å². The van der Waals surface area contributed by atoms with Crippen LogP contribution >= 0.6 is 0 Å². The maximum absolute atomic E-state index is 5.37. The van der Waals surface area contributed by atoms with Gasteiger partial charge in [0.25, 0.3) is 0 Å². The van der Waals surface area contributed by atoms with E-state index in [1.807, 2.05) is 39.8 Å². The average Bonchev–Trinajstić information content (AvgIpc) is 3.04. The molecule has 0 aliphatic heterocycles. The van der Waals surface area contributed by atoms with Crippen molar-refractivity contribution in [2.45, 2.75) is 39.2 Å². The largest absolute Gasteiger partial charge is 0.493 e. The molecular weight excluding hydrogens is 310 g/mol. The highest BCUT2D eigenvalue weighted by Crippen LogP contribution is 2.40. The first kappa shape index (κ1) is 17.9. The summed E-state index contributed by atoms with van der Waals surface area (Å²) in [6.07, 6.45) is 0. The van der Waals surface area contributed by atoms with E-state index in [2.05, 4.69) is 15.5 Å². The Morgan fingerprint density at radius 1 is 1.04 bits per heavy atom. The van der Waals surface area contributed by atoms with E-state index in [-0.39, 0.29) is 11.5 Å². The van der Waals surface area contributed by atoms with Crippen LogP contribution in [0.5, 0.6) is 17.2 Å². The van der Waals surface area contributed by atoms with Gasteiger partial charge in [-0.05, 0) is 6.92 Å². The minimum atomic E-state index is -0.170. The van der Waals surface area contributed by atoms with Crippen molar-refractivity contribution in [2.24, 2.45) is 0 Å². The van der Waals surface area contributed by atoms with E-state index in [1.165, 1.54) is 0 Å². The summed E-state index contributed by atoms with van der Waals surface area (Å²) in [5.74, 6) is 2.90. The molecule has 7 heteroatoms. The lowest BCUT2D eigenvalue weighted by molar-refractivity contribution is 0.324. The molecule has 2 rings (SSSR count). The Morgan fingerprint density at radius 3 is 2.04 bits per heavy atom. The molecule has 0 spiro atoms. The van der Waals surface area contributed by atoms with Crippen LogP contribution in [0.25, 0.3) is 0 Å². The summed E-state index contributed by atoms with van der Waals surface area (Å²) in [7, 11) is 4.73. The summed E-state index contributed by atoms with van der Waals surface area (Å²) in [6, 6.07) is 3.49. The molecule has 0 bridgehead atoms. The summed E-state index contributed by atoms with van der Waals surface area (Å²) >= 11 is 0. The molecule has 2 aromatic rings. The van der Waals surface area contributed by atoms with Crippen molar-refractivity contribution in [1.82, 2.24) is 10.1 Å². The van der Waals surface area contributed by atoms with Crippen LogP contribution in [-0.2, 0) is 5.41 Å². The van der Waals surface area contributed by atoms with Crippen molar-refractivity contribution < 1.29 is 18.7 Å². The Balaban J connectivity index is 2.25. The predicted octanol–water partition coefficient (Wildman–Crippen LogP) is 3.57. The molecule has 0 fully saturated rings. The first-order chi connectivity index (χ1) is 11.3. The third kappa shape index (κ3) is 3.72. The fraction of sp³-hybridized carbons (Fsp3) is 0.529. The highest BCUT2D eigenvalue weighted by molar-refractivity contribution is 5.62. The lowest BCUT2D eigenvalue weighted by Gasteiger charge is -2.17. The molecule has 0 aliphatic carbocycles. The van der Waals surface area contributed by atoms with Crippen molar-refractivity contribution in [2.75, 3.05) is 26.6 Å². The van der Waals surface area contributed by atoms with Crippen LogP contribution < -0.4 is 19.5 Å². The van der Waals surface area contributed by atoms with Crippen LogP contribution in [-0.4, -0.2) is 31.5 Å². The second-order valence-electron chi connectivity index (χ2n) is 6.49. The molecule has 0 radical (unpaired) electrons. The highest BCUT2D eigenvalue weighted by Gasteiger charge is 2.23. The summed E-state index contributed by atoms with van der Waals surface area (Å²) in [5.41, 5.74) is 0.640. The standard InChI is InChI=1S/C17H25N3O4/c1-10(15-19-16(20-24-15)17(2,3)4)18-11-8-12(21-5)14(23-7)13(9-11)22-6/h8-10,18H,1-7H3/t10-/m1/s1. The number of hydrogen-bond acceptors (Lipinski definition) is 7. The molecule has 24 heavy (non-hydrogen) atoms. The molecule has 1 aromatic carbocycles. The molecule has 0 saturated carbocycles. The highest BCUT2D eigenvalue weighted by atomic mass is 16.5. The summed E-state index contributed by atoms with van der Waals surface area (Å²) in [4.78, 5) is 4.47. The number of nitrogens with one attached hydrogen (secondary N) is 1. The summed E-state index contributed by atoms with van der Waals surface area (Å²) in [6.45, 7) is 8.07. The second-order valence-corrected chi connectivity index (χ2v) is 6.49. The first-order valence-corrected chi connectivity index (χ1v) is 7.70. The lowest BCUT2D eigenvalue weighted by Crippen LogP contribution is -2.14. The number of methoxy groups -OCH3 is 3. The Bertz CT molecular complexity index is 666. The zero-order valence-corrected chi connectivity index (χ0v) is 15.3. The summed E-state index contributed by atoms with van der Waals surface area (Å²) in [5, 5.41) is 7.36. The van der Waals surface area contributed by atoms with Crippen LogP contribution in [0.2, 0.25) is 0 Å². The van der Waals surface area contributed by atoms with Gasteiger partial charge >= 0.3 is 0 Å². The molecule has 0 aliphatic rings. The Morgan fingerprint density at radius 2 is 1.62 bits per heavy atom. The molecule has 1 heterocycles. The predicted molar refractivity (Wildman–Crippen MR) is 91.1 cm³/mol. The van der Waals surface area contributed by atoms with Gasteiger partial charge in [-0.3, -0.25) is 0 Å². The van der Waals surface area contributed by atoms with Gasteiger partial charge in [-0.15, -0.1) is 0 Å². The maximum atomic E-state index is 5.37. The number of rotatable bonds is 6. The van der Waals surface area contributed by atoms with Crippen LogP contribution in [0, 0.1) is 0 Å². The van der Waals surface area contributed by atoms with E-state index < -0.39 is 0 Å². The normalized spacial score (nSPS) is 12.6. The zero-order chi connectivity index (χ0) is 17.9. The SMILES string of the molecule is COc1cc(N[C@H](C)c2nc(C(C)(C)C)no2)cc(OC)c1OC. The van der Waals surface area contributed by atoms with Gasteiger partial charge < -0.3 is 24.1 Å². The van der Waals surface area contributed by atoms with E-state index >= 15 is 0 Å². The second kappa shape index (κ2) is 6.98. The molecular formula is C17H25N3O4. The number of benzene rings is 1. The number of hydrogen-bond donors (Lipinski definition) is 1. The van der Waals surface area contributed by atoms with Gasteiger partial charge in [-0.2, -0.15) is 4.98 Å². The first-order valence-electron chi connectivity index (χ1n) is 7.70. The maximum Gasteiger partial charge on any atom is 0.248 e. The lowest BCUT2D eigenvalue weighted by atomic mass is 9.96. The molecule has 0 unspecified atom stereocenters. The van der Waals surface area contributed by atoms with Gasteiger partial charge in [0.1, 0.15) is 6.04 Å². The monoisotopic (exact) mass is 335 g/mol. The molecule has 132 valence electrons. The fourth-order valence-electron chi connectivity index (χ4n) is 2.19. The molecule has 1 atom stereocenters. The van der Waals surface area contributed by atoms with Crippen LogP contribution in [0.15, 0.2) is 16.7 Å². The topological polar surface area (TPSA) is 78.6 Å². The van der Waals surface area contributed by atoms with Crippen LogP contribution in [0.4, 0.5) is 5.69 Å². The smallest absolute Gasteiger partial charge is 0.248 e. The van der Waals surface area contributed by atoms with Gasteiger partial charge in [0.2, 0.25) is 11.6 Å². The van der Waals surface area contributed by atoms with Gasteiger partial charge in [0.05, 0.1) is 21.3 Å². The zero-order valence-electron chi connectivity index (χ0n) is 15.3. The third-order valence-electron chi connectivity index (χ3n) is 3.53. The van der Waals surface area contributed by atoms with Crippen molar-refractivity contribution in [3.63, 3.8) is 0 Å². The molecule has 0 amide bonds. The number of ether oxygens (including phenoxy) is 3. The Kier molecular flexibility index (Phi) is 5.21. The van der Waals surface area contributed by atoms with Crippen molar-refractivity contribution in [1.29, 1.82) is 0 Å². The molecule has 1 N–H and O–H groups in total. The third-order valence-corrected chi connectivity index (χ3v) is 3.53. The van der Waals surface area contributed by atoms with Crippen LogP contribution in [0.1, 0.15) is 45.5 Å². The van der Waals surface area contributed by atoms with Crippen LogP contribution in [0.3, 0.4) is 0 Å².